The monoisotopic (exact) mass is 214 g/mol. The zero-order valence-electron chi connectivity index (χ0n) is 9.95. The van der Waals surface area contributed by atoms with E-state index >= 15 is 0 Å². The lowest BCUT2D eigenvalue weighted by Gasteiger charge is -2.35. The Morgan fingerprint density at radius 3 is 2.80 bits per heavy atom. The van der Waals surface area contributed by atoms with Crippen molar-refractivity contribution in [1.82, 2.24) is 10.2 Å². The Kier molecular flexibility index (Phi) is 4.88. The summed E-state index contributed by atoms with van der Waals surface area (Å²) in [7, 11) is 2.10. The van der Waals surface area contributed by atoms with Crippen molar-refractivity contribution in [3.63, 3.8) is 0 Å². The van der Waals surface area contributed by atoms with E-state index in [-0.39, 0.29) is 12.1 Å². The van der Waals surface area contributed by atoms with Crippen LogP contribution >= 0.6 is 0 Å². The van der Waals surface area contributed by atoms with Gasteiger partial charge in [-0.3, -0.25) is 0 Å². The van der Waals surface area contributed by atoms with E-state index in [1.54, 1.807) is 0 Å². The molecule has 1 N–H and O–H groups in total. The average Bonchev–Trinajstić information content (AvgIpc) is 2.17. The molecular weight excluding hydrogens is 192 g/mol. The van der Waals surface area contributed by atoms with Gasteiger partial charge in [0.15, 0.2) is 0 Å². The van der Waals surface area contributed by atoms with Gasteiger partial charge >= 0.3 is 6.09 Å². The third kappa shape index (κ3) is 4.08. The zero-order chi connectivity index (χ0) is 11.3. The molecule has 2 unspecified atom stereocenters. The van der Waals surface area contributed by atoms with Crippen LogP contribution in [0, 0.1) is 5.92 Å². The van der Waals surface area contributed by atoms with Gasteiger partial charge in [-0.25, -0.2) is 4.79 Å². The smallest absolute Gasteiger partial charge is 0.407 e. The molecular formula is C11H22N2O2. The van der Waals surface area contributed by atoms with Gasteiger partial charge in [-0.05, 0) is 26.3 Å². The summed E-state index contributed by atoms with van der Waals surface area (Å²) in [6.45, 7) is 6.52. The number of carbonyl (C=O) groups is 1. The fraction of sp³-hybridized carbons (Fsp3) is 0.909. The van der Waals surface area contributed by atoms with Crippen LogP contribution in [0.15, 0.2) is 0 Å². The van der Waals surface area contributed by atoms with Crippen molar-refractivity contribution in [3.05, 3.63) is 0 Å². The predicted molar refractivity (Wildman–Crippen MR) is 59.8 cm³/mol. The Balaban J connectivity index is 2.37. The molecule has 0 aromatic heterocycles. The van der Waals surface area contributed by atoms with E-state index in [0.29, 0.717) is 12.5 Å². The van der Waals surface area contributed by atoms with Crippen LogP contribution in [-0.4, -0.2) is 43.8 Å². The number of rotatable bonds is 3. The van der Waals surface area contributed by atoms with Gasteiger partial charge in [0.2, 0.25) is 0 Å². The second-order valence-electron chi connectivity index (χ2n) is 4.29. The maximum atomic E-state index is 11.3. The second kappa shape index (κ2) is 5.95. The van der Waals surface area contributed by atoms with Crippen LogP contribution in [0.1, 0.15) is 26.7 Å². The molecule has 1 rings (SSSR count). The number of likely N-dealkylation sites (tertiary alicyclic amines) is 1. The fourth-order valence-electron chi connectivity index (χ4n) is 2.18. The first-order chi connectivity index (χ1) is 7.15. The van der Waals surface area contributed by atoms with Gasteiger partial charge in [0, 0.05) is 19.1 Å². The van der Waals surface area contributed by atoms with Gasteiger partial charge in [0.05, 0.1) is 6.61 Å². The van der Waals surface area contributed by atoms with E-state index in [0.717, 1.165) is 19.5 Å². The number of carbonyl (C=O) groups excluding carboxylic acids is 1. The molecule has 2 atom stereocenters. The van der Waals surface area contributed by atoms with Crippen molar-refractivity contribution >= 4 is 6.09 Å². The van der Waals surface area contributed by atoms with Crippen molar-refractivity contribution in [1.29, 1.82) is 0 Å². The lowest BCUT2D eigenvalue weighted by molar-refractivity contribution is 0.126. The summed E-state index contributed by atoms with van der Waals surface area (Å²) in [6.07, 6.45) is 1.96. The van der Waals surface area contributed by atoms with Crippen molar-refractivity contribution < 1.29 is 9.53 Å². The van der Waals surface area contributed by atoms with Gasteiger partial charge in [-0.15, -0.1) is 0 Å². The second-order valence-corrected chi connectivity index (χ2v) is 4.29. The van der Waals surface area contributed by atoms with E-state index in [9.17, 15) is 4.79 Å². The molecule has 0 spiro atoms. The molecule has 1 aliphatic heterocycles. The molecule has 1 fully saturated rings. The molecule has 0 radical (unpaired) electrons. The molecule has 0 aromatic rings. The summed E-state index contributed by atoms with van der Waals surface area (Å²) in [4.78, 5) is 13.5. The molecule has 1 amide bonds. The Morgan fingerprint density at radius 2 is 2.20 bits per heavy atom. The average molecular weight is 214 g/mol. The summed E-state index contributed by atoms with van der Waals surface area (Å²) in [5.41, 5.74) is 0. The number of alkyl carbamates (subject to hydrolysis) is 1. The number of hydrogen-bond acceptors (Lipinski definition) is 3. The van der Waals surface area contributed by atoms with E-state index in [2.05, 4.69) is 24.2 Å². The largest absolute Gasteiger partial charge is 0.450 e. The minimum Gasteiger partial charge on any atom is -0.450 e. The van der Waals surface area contributed by atoms with Crippen LogP contribution in [-0.2, 0) is 4.74 Å². The first-order valence-corrected chi connectivity index (χ1v) is 5.77. The van der Waals surface area contributed by atoms with Gasteiger partial charge in [-0.1, -0.05) is 13.3 Å². The predicted octanol–water partition coefficient (Wildman–Crippen LogP) is 1.46. The van der Waals surface area contributed by atoms with Crippen molar-refractivity contribution in [2.24, 2.45) is 5.92 Å². The first kappa shape index (κ1) is 12.3. The topological polar surface area (TPSA) is 41.6 Å². The molecule has 4 nitrogen and oxygen atoms in total. The normalized spacial score (nSPS) is 27.4. The van der Waals surface area contributed by atoms with E-state index in [1.165, 1.54) is 6.42 Å². The maximum absolute atomic E-state index is 11.3. The van der Waals surface area contributed by atoms with Crippen LogP contribution in [0.5, 0.6) is 0 Å². The summed E-state index contributed by atoms with van der Waals surface area (Å²) in [6, 6.07) is 0.243. The number of likely N-dealkylation sites (N-methyl/N-ethyl adjacent to an activating group) is 1. The molecule has 0 bridgehead atoms. The number of piperidine rings is 1. The SMILES string of the molecule is CCOC(=O)NC1CC(CC)CN(C)C1. The third-order valence-corrected chi connectivity index (χ3v) is 2.89. The number of nitrogens with zero attached hydrogens (tertiary/aromatic N) is 1. The third-order valence-electron chi connectivity index (χ3n) is 2.89. The zero-order valence-corrected chi connectivity index (χ0v) is 9.95. The van der Waals surface area contributed by atoms with Crippen LogP contribution in [0.25, 0.3) is 0 Å². The molecule has 0 aromatic carbocycles. The van der Waals surface area contributed by atoms with Crippen LogP contribution in [0.4, 0.5) is 4.79 Å². The minimum absolute atomic E-state index is 0.243. The van der Waals surface area contributed by atoms with Crippen molar-refractivity contribution in [2.45, 2.75) is 32.7 Å². The number of nitrogens with one attached hydrogen (secondary N) is 1. The fourth-order valence-corrected chi connectivity index (χ4v) is 2.18. The summed E-state index contributed by atoms with van der Waals surface area (Å²) >= 11 is 0. The molecule has 0 aliphatic carbocycles. The highest BCUT2D eigenvalue weighted by Crippen LogP contribution is 2.18. The Labute approximate surface area is 92.0 Å². The highest BCUT2D eigenvalue weighted by atomic mass is 16.5. The summed E-state index contributed by atoms with van der Waals surface area (Å²) in [5.74, 6) is 0.690. The lowest BCUT2D eigenvalue weighted by Crippen LogP contribution is -2.49. The molecule has 1 saturated heterocycles. The first-order valence-electron chi connectivity index (χ1n) is 5.77. The van der Waals surface area contributed by atoms with Crippen molar-refractivity contribution in [3.8, 4) is 0 Å². The van der Waals surface area contributed by atoms with E-state index in [4.69, 9.17) is 4.74 Å². The van der Waals surface area contributed by atoms with E-state index in [1.807, 2.05) is 6.92 Å². The summed E-state index contributed by atoms with van der Waals surface area (Å²) in [5, 5.41) is 2.91. The highest BCUT2D eigenvalue weighted by molar-refractivity contribution is 5.67. The maximum Gasteiger partial charge on any atom is 0.407 e. The Morgan fingerprint density at radius 1 is 1.47 bits per heavy atom. The molecule has 1 aliphatic rings. The number of hydrogen-bond donors (Lipinski definition) is 1. The van der Waals surface area contributed by atoms with Crippen molar-refractivity contribution in [2.75, 3.05) is 26.7 Å². The van der Waals surface area contributed by atoms with Gasteiger partial charge < -0.3 is 15.0 Å². The van der Waals surface area contributed by atoms with Crippen LogP contribution < -0.4 is 5.32 Å². The molecule has 0 saturated carbocycles. The van der Waals surface area contributed by atoms with Gasteiger partial charge in [-0.2, -0.15) is 0 Å². The molecule has 88 valence electrons. The minimum atomic E-state index is -0.285. The van der Waals surface area contributed by atoms with Crippen LogP contribution in [0.2, 0.25) is 0 Å². The Hall–Kier alpha value is -0.770. The molecule has 1 heterocycles. The van der Waals surface area contributed by atoms with E-state index < -0.39 is 0 Å². The highest BCUT2D eigenvalue weighted by Gasteiger charge is 2.25. The number of amides is 1. The standard InChI is InChI=1S/C11H22N2O2/c1-4-9-6-10(8-13(3)7-9)12-11(14)15-5-2/h9-10H,4-8H2,1-3H3,(H,12,14). The molecule has 15 heavy (non-hydrogen) atoms. The quantitative estimate of drug-likeness (QED) is 0.773. The lowest BCUT2D eigenvalue weighted by atomic mass is 9.92. The molecule has 4 heteroatoms. The Bertz CT molecular complexity index is 209. The summed E-state index contributed by atoms with van der Waals surface area (Å²) < 4.78 is 4.88. The number of ether oxygens (including phenoxy) is 1. The van der Waals surface area contributed by atoms with Crippen LogP contribution in [0.3, 0.4) is 0 Å². The van der Waals surface area contributed by atoms with Gasteiger partial charge in [0.1, 0.15) is 0 Å². The van der Waals surface area contributed by atoms with Gasteiger partial charge in [0.25, 0.3) is 0 Å².